The fourth-order valence-corrected chi connectivity index (χ4v) is 1.06. The summed E-state index contributed by atoms with van der Waals surface area (Å²) in [7, 11) is 3.80. The largest absolute Gasteiger partial charge is 0.396 e. The third kappa shape index (κ3) is 5.52. The van der Waals surface area contributed by atoms with E-state index >= 15 is 0 Å². The summed E-state index contributed by atoms with van der Waals surface area (Å²) >= 11 is 0. The maximum absolute atomic E-state index is 8.58. The number of hydrogen-bond acceptors (Lipinski definition) is 3. The van der Waals surface area contributed by atoms with Crippen molar-refractivity contribution in [1.82, 2.24) is 4.90 Å². The SMILES string of the molecule is COCC(C)N(C)CCCCO. The van der Waals surface area contributed by atoms with Crippen molar-refractivity contribution in [1.29, 1.82) is 0 Å². The third-order valence-corrected chi connectivity index (χ3v) is 2.08. The molecular weight excluding hydrogens is 154 g/mol. The lowest BCUT2D eigenvalue weighted by Crippen LogP contribution is -2.33. The molecule has 0 heterocycles. The van der Waals surface area contributed by atoms with Gasteiger partial charge in [0.25, 0.3) is 0 Å². The first kappa shape index (κ1) is 11.9. The van der Waals surface area contributed by atoms with Gasteiger partial charge in [-0.3, -0.25) is 0 Å². The maximum Gasteiger partial charge on any atom is 0.0615 e. The second-order valence-corrected chi connectivity index (χ2v) is 3.22. The molecule has 0 spiro atoms. The Labute approximate surface area is 75.3 Å². The number of likely N-dealkylation sites (N-methyl/N-ethyl adjacent to an activating group) is 1. The van der Waals surface area contributed by atoms with Gasteiger partial charge in [0, 0.05) is 19.8 Å². The van der Waals surface area contributed by atoms with Gasteiger partial charge in [-0.1, -0.05) is 0 Å². The molecule has 0 aliphatic heterocycles. The second-order valence-electron chi connectivity index (χ2n) is 3.22. The van der Waals surface area contributed by atoms with Crippen LogP contribution in [0.15, 0.2) is 0 Å². The van der Waals surface area contributed by atoms with Gasteiger partial charge in [0.15, 0.2) is 0 Å². The quantitative estimate of drug-likeness (QED) is 0.579. The first-order chi connectivity index (χ1) is 5.72. The highest BCUT2D eigenvalue weighted by atomic mass is 16.5. The number of nitrogens with zero attached hydrogens (tertiary/aromatic N) is 1. The molecule has 0 aliphatic rings. The Morgan fingerprint density at radius 3 is 2.58 bits per heavy atom. The lowest BCUT2D eigenvalue weighted by molar-refractivity contribution is 0.113. The molecule has 0 aromatic rings. The Morgan fingerprint density at radius 1 is 1.42 bits per heavy atom. The van der Waals surface area contributed by atoms with Gasteiger partial charge in [-0.05, 0) is 33.4 Å². The van der Waals surface area contributed by atoms with E-state index in [-0.39, 0.29) is 0 Å². The average Bonchev–Trinajstić information content (AvgIpc) is 2.05. The second kappa shape index (κ2) is 7.53. The van der Waals surface area contributed by atoms with Crippen LogP contribution in [0.25, 0.3) is 0 Å². The van der Waals surface area contributed by atoms with Crippen LogP contribution < -0.4 is 0 Å². The van der Waals surface area contributed by atoms with E-state index in [1.165, 1.54) is 0 Å². The summed E-state index contributed by atoms with van der Waals surface area (Å²) in [4.78, 5) is 2.25. The van der Waals surface area contributed by atoms with E-state index in [1.54, 1.807) is 7.11 Å². The molecule has 0 saturated carbocycles. The summed E-state index contributed by atoms with van der Waals surface area (Å²) in [6.45, 7) is 4.25. The van der Waals surface area contributed by atoms with E-state index in [1.807, 2.05) is 0 Å². The lowest BCUT2D eigenvalue weighted by Gasteiger charge is -2.23. The number of methoxy groups -OCH3 is 1. The van der Waals surface area contributed by atoms with Gasteiger partial charge in [0.05, 0.1) is 6.61 Å². The van der Waals surface area contributed by atoms with Gasteiger partial charge >= 0.3 is 0 Å². The Bertz CT molecular complexity index is 98.5. The van der Waals surface area contributed by atoms with Gasteiger partial charge in [-0.2, -0.15) is 0 Å². The van der Waals surface area contributed by atoms with Crippen LogP contribution >= 0.6 is 0 Å². The molecule has 0 aromatic heterocycles. The fraction of sp³-hybridized carbons (Fsp3) is 1.00. The summed E-state index contributed by atoms with van der Waals surface area (Å²) < 4.78 is 5.04. The van der Waals surface area contributed by atoms with Gasteiger partial charge < -0.3 is 14.7 Å². The number of hydrogen-bond donors (Lipinski definition) is 1. The smallest absolute Gasteiger partial charge is 0.0615 e. The molecule has 0 aromatic carbocycles. The number of aliphatic hydroxyl groups excluding tert-OH is 1. The molecular formula is C9H21NO2. The summed E-state index contributed by atoms with van der Waals surface area (Å²) in [5.41, 5.74) is 0. The van der Waals surface area contributed by atoms with Crippen LogP contribution in [-0.4, -0.2) is 50.0 Å². The van der Waals surface area contributed by atoms with E-state index in [2.05, 4.69) is 18.9 Å². The molecule has 74 valence electrons. The van der Waals surface area contributed by atoms with Gasteiger partial charge in [0.2, 0.25) is 0 Å². The van der Waals surface area contributed by atoms with Crippen LogP contribution in [0.2, 0.25) is 0 Å². The predicted molar refractivity (Wildman–Crippen MR) is 50.3 cm³/mol. The van der Waals surface area contributed by atoms with Crippen molar-refractivity contribution in [3.63, 3.8) is 0 Å². The molecule has 0 fully saturated rings. The summed E-state index contributed by atoms with van der Waals surface area (Å²) in [6.07, 6.45) is 1.95. The van der Waals surface area contributed by atoms with Crippen LogP contribution in [0.3, 0.4) is 0 Å². The standard InChI is InChI=1S/C9H21NO2/c1-9(8-12-3)10(2)6-4-5-7-11/h9,11H,4-8H2,1-3H3. The third-order valence-electron chi connectivity index (χ3n) is 2.08. The molecule has 0 amide bonds. The zero-order valence-electron chi connectivity index (χ0n) is 8.42. The molecule has 1 unspecified atom stereocenters. The van der Waals surface area contributed by atoms with E-state index in [0.717, 1.165) is 26.0 Å². The van der Waals surface area contributed by atoms with Gasteiger partial charge in [-0.25, -0.2) is 0 Å². The Balaban J connectivity index is 3.35. The lowest BCUT2D eigenvalue weighted by atomic mass is 10.2. The minimum atomic E-state index is 0.298. The highest BCUT2D eigenvalue weighted by Gasteiger charge is 2.06. The Morgan fingerprint density at radius 2 is 2.08 bits per heavy atom. The van der Waals surface area contributed by atoms with Crippen LogP contribution in [0, 0.1) is 0 Å². The van der Waals surface area contributed by atoms with Crippen molar-refractivity contribution in [2.75, 3.05) is 33.9 Å². The first-order valence-corrected chi connectivity index (χ1v) is 4.52. The number of ether oxygens (including phenoxy) is 1. The molecule has 0 rings (SSSR count). The van der Waals surface area contributed by atoms with Crippen LogP contribution in [0.1, 0.15) is 19.8 Å². The Kier molecular flexibility index (Phi) is 7.45. The zero-order valence-corrected chi connectivity index (χ0v) is 8.42. The highest BCUT2D eigenvalue weighted by molar-refractivity contribution is 4.61. The normalized spacial score (nSPS) is 13.8. The number of unbranched alkanes of at least 4 members (excludes halogenated alkanes) is 1. The molecule has 3 nitrogen and oxygen atoms in total. The average molecular weight is 175 g/mol. The maximum atomic E-state index is 8.58. The molecule has 0 saturated heterocycles. The van der Waals surface area contributed by atoms with E-state index < -0.39 is 0 Å². The van der Waals surface area contributed by atoms with Crippen molar-refractivity contribution < 1.29 is 9.84 Å². The topological polar surface area (TPSA) is 32.7 Å². The number of aliphatic hydroxyl groups is 1. The summed E-state index contributed by atoms with van der Waals surface area (Å²) in [6, 6.07) is 0.466. The number of rotatable bonds is 7. The van der Waals surface area contributed by atoms with E-state index in [9.17, 15) is 0 Å². The summed E-state index contributed by atoms with van der Waals surface area (Å²) in [5, 5.41) is 8.58. The van der Waals surface area contributed by atoms with E-state index in [0.29, 0.717) is 12.6 Å². The monoisotopic (exact) mass is 175 g/mol. The van der Waals surface area contributed by atoms with E-state index in [4.69, 9.17) is 9.84 Å². The molecule has 1 atom stereocenters. The molecule has 12 heavy (non-hydrogen) atoms. The van der Waals surface area contributed by atoms with Crippen LogP contribution in [0.4, 0.5) is 0 Å². The summed E-state index contributed by atoms with van der Waals surface area (Å²) in [5.74, 6) is 0. The van der Waals surface area contributed by atoms with Crippen molar-refractivity contribution in [3.05, 3.63) is 0 Å². The predicted octanol–water partition coefficient (Wildman–Crippen LogP) is 0.726. The minimum Gasteiger partial charge on any atom is -0.396 e. The Hall–Kier alpha value is -0.120. The van der Waals surface area contributed by atoms with Crippen molar-refractivity contribution in [2.45, 2.75) is 25.8 Å². The van der Waals surface area contributed by atoms with Gasteiger partial charge in [0.1, 0.15) is 0 Å². The molecule has 3 heteroatoms. The van der Waals surface area contributed by atoms with Gasteiger partial charge in [-0.15, -0.1) is 0 Å². The van der Waals surface area contributed by atoms with Crippen molar-refractivity contribution in [2.24, 2.45) is 0 Å². The highest BCUT2D eigenvalue weighted by Crippen LogP contribution is 1.98. The van der Waals surface area contributed by atoms with Crippen molar-refractivity contribution in [3.8, 4) is 0 Å². The van der Waals surface area contributed by atoms with Crippen LogP contribution in [-0.2, 0) is 4.74 Å². The van der Waals surface area contributed by atoms with Crippen molar-refractivity contribution >= 4 is 0 Å². The minimum absolute atomic E-state index is 0.298. The molecule has 0 aliphatic carbocycles. The zero-order chi connectivity index (χ0) is 9.40. The molecule has 0 bridgehead atoms. The molecule has 1 N–H and O–H groups in total. The molecule has 0 radical (unpaired) electrons. The first-order valence-electron chi connectivity index (χ1n) is 4.52. The van der Waals surface area contributed by atoms with Crippen LogP contribution in [0.5, 0.6) is 0 Å². The fourth-order valence-electron chi connectivity index (χ4n) is 1.06.